The molecule has 4 heteroatoms. The Balaban J connectivity index is 2.12. The van der Waals surface area contributed by atoms with E-state index in [1.54, 1.807) is 0 Å². The lowest BCUT2D eigenvalue weighted by molar-refractivity contribution is -0.157. The topological polar surface area (TPSA) is 35.5 Å². The van der Waals surface area contributed by atoms with Gasteiger partial charge in [-0.1, -0.05) is 46.3 Å². The molecular weight excluding hydrogens is 344 g/mol. The molecule has 0 aromatic heterocycles. The average molecular weight is 363 g/mol. The predicted molar refractivity (Wildman–Crippen MR) is 90.9 cm³/mol. The van der Waals surface area contributed by atoms with E-state index in [1.807, 2.05) is 69.3 Å². The molecule has 0 aliphatic carbocycles. The number of benzene rings is 2. The molecule has 0 heterocycles. The third kappa shape index (κ3) is 4.88. The molecule has 0 unspecified atom stereocenters. The van der Waals surface area contributed by atoms with Gasteiger partial charge in [-0.3, -0.25) is 0 Å². The molecule has 0 aliphatic rings. The molecule has 0 fully saturated rings. The first-order valence-electron chi connectivity index (χ1n) is 7.05. The molecule has 2 rings (SSSR count). The largest absolute Gasteiger partial charge is 0.481 e. The number of rotatable bonds is 4. The van der Waals surface area contributed by atoms with Gasteiger partial charge in [0.15, 0.2) is 6.61 Å². The van der Waals surface area contributed by atoms with Crippen LogP contribution >= 0.6 is 15.9 Å². The van der Waals surface area contributed by atoms with Gasteiger partial charge >= 0.3 is 5.97 Å². The van der Waals surface area contributed by atoms with Gasteiger partial charge in [0, 0.05) is 10.0 Å². The fraction of sp³-hybridized carbons (Fsp3) is 0.278. The standard InChI is InChI=1S/C18H19BrO3/c1-18(2,3)22-17(20)12-21-16-7-5-4-6-15(16)13-8-10-14(19)11-9-13/h4-11H,12H2,1-3H3. The average Bonchev–Trinajstić information content (AvgIpc) is 2.45. The molecule has 22 heavy (non-hydrogen) atoms. The molecule has 0 N–H and O–H groups in total. The fourth-order valence-electron chi connectivity index (χ4n) is 1.97. The molecule has 2 aromatic rings. The Bertz CT molecular complexity index is 642. The second-order valence-corrected chi connectivity index (χ2v) is 6.79. The number of carbonyl (C=O) groups is 1. The molecular formula is C18H19BrO3. The van der Waals surface area contributed by atoms with Crippen LogP contribution in [0.2, 0.25) is 0 Å². The van der Waals surface area contributed by atoms with Crippen LogP contribution in [0.1, 0.15) is 20.8 Å². The van der Waals surface area contributed by atoms with E-state index < -0.39 is 5.60 Å². The minimum Gasteiger partial charge on any atom is -0.481 e. The van der Waals surface area contributed by atoms with Gasteiger partial charge in [0.1, 0.15) is 11.4 Å². The van der Waals surface area contributed by atoms with Crippen LogP contribution in [0, 0.1) is 0 Å². The van der Waals surface area contributed by atoms with Crippen molar-refractivity contribution < 1.29 is 14.3 Å². The quantitative estimate of drug-likeness (QED) is 0.730. The van der Waals surface area contributed by atoms with E-state index in [2.05, 4.69) is 15.9 Å². The molecule has 2 aromatic carbocycles. The van der Waals surface area contributed by atoms with Crippen molar-refractivity contribution in [2.24, 2.45) is 0 Å². The minimum absolute atomic E-state index is 0.106. The number of carbonyl (C=O) groups excluding carboxylic acids is 1. The zero-order valence-corrected chi connectivity index (χ0v) is 14.5. The van der Waals surface area contributed by atoms with Gasteiger partial charge < -0.3 is 9.47 Å². The summed E-state index contributed by atoms with van der Waals surface area (Å²) in [5, 5.41) is 0. The third-order valence-electron chi connectivity index (χ3n) is 2.81. The third-order valence-corrected chi connectivity index (χ3v) is 3.34. The van der Waals surface area contributed by atoms with Crippen LogP contribution in [0.25, 0.3) is 11.1 Å². The molecule has 0 atom stereocenters. The van der Waals surface area contributed by atoms with E-state index in [0.29, 0.717) is 5.75 Å². The van der Waals surface area contributed by atoms with E-state index in [1.165, 1.54) is 0 Å². The summed E-state index contributed by atoms with van der Waals surface area (Å²) in [6, 6.07) is 15.6. The first-order valence-corrected chi connectivity index (χ1v) is 7.84. The molecule has 0 spiro atoms. The Morgan fingerprint density at radius 3 is 2.32 bits per heavy atom. The maximum atomic E-state index is 11.8. The Hall–Kier alpha value is -1.81. The van der Waals surface area contributed by atoms with Crippen molar-refractivity contribution >= 4 is 21.9 Å². The molecule has 3 nitrogen and oxygen atoms in total. The Kier molecular flexibility index (Phi) is 5.24. The number of hydrogen-bond acceptors (Lipinski definition) is 3. The predicted octanol–water partition coefficient (Wildman–Crippen LogP) is 4.84. The first-order chi connectivity index (χ1) is 10.3. The van der Waals surface area contributed by atoms with Crippen molar-refractivity contribution in [2.45, 2.75) is 26.4 Å². The van der Waals surface area contributed by atoms with Crippen LogP contribution < -0.4 is 4.74 Å². The molecule has 0 radical (unpaired) electrons. The summed E-state index contributed by atoms with van der Waals surface area (Å²) in [4.78, 5) is 11.8. The van der Waals surface area contributed by atoms with Gasteiger partial charge in [0.05, 0.1) is 0 Å². The monoisotopic (exact) mass is 362 g/mol. The van der Waals surface area contributed by atoms with Crippen LogP contribution in [0.3, 0.4) is 0 Å². The highest BCUT2D eigenvalue weighted by Crippen LogP contribution is 2.30. The van der Waals surface area contributed by atoms with Crippen molar-refractivity contribution in [3.8, 4) is 16.9 Å². The van der Waals surface area contributed by atoms with Crippen molar-refractivity contribution in [3.05, 3.63) is 53.0 Å². The lowest BCUT2D eigenvalue weighted by atomic mass is 10.1. The minimum atomic E-state index is -0.508. The second-order valence-electron chi connectivity index (χ2n) is 5.88. The zero-order valence-electron chi connectivity index (χ0n) is 12.9. The SMILES string of the molecule is CC(C)(C)OC(=O)COc1ccccc1-c1ccc(Br)cc1. The van der Waals surface area contributed by atoms with Crippen molar-refractivity contribution in [1.82, 2.24) is 0 Å². The summed E-state index contributed by atoms with van der Waals surface area (Å²) >= 11 is 3.42. The van der Waals surface area contributed by atoms with Crippen molar-refractivity contribution in [3.63, 3.8) is 0 Å². The Morgan fingerprint density at radius 2 is 1.68 bits per heavy atom. The van der Waals surface area contributed by atoms with Crippen LogP contribution in [-0.2, 0) is 9.53 Å². The molecule has 116 valence electrons. The van der Waals surface area contributed by atoms with E-state index in [-0.39, 0.29) is 12.6 Å². The van der Waals surface area contributed by atoms with Crippen LogP contribution in [0.5, 0.6) is 5.75 Å². The number of para-hydroxylation sites is 1. The van der Waals surface area contributed by atoms with Gasteiger partial charge in [-0.2, -0.15) is 0 Å². The normalized spacial score (nSPS) is 11.1. The lowest BCUT2D eigenvalue weighted by Gasteiger charge is -2.20. The number of halogens is 1. The van der Waals surface area contributed by atoms with Gasteiger partial charge in [-0.15, -0.1) is 0 Å². The summed E-state index contributed by atoms with van der Waals surface area (Å²) in [6.45, 7) is 5.40. The summed E-state index contributed by atoms with van der Waals surface area (Å²) in [5.41, 5.74) is 1.47. The highest BCUT2D eigenvalue weighted by molar-refractivity contribution is 9.10. The fourth-order valence-corrected chi connectivity index (χ4v) is 2.23. The van der Waals surface area contributed by atoms with Gasteiger partial charge in [-0.25, -0.2) is 4.79 Å². The second kappa shape index (κ2) is 6.97. The van der Waals surface area contributed by atoms with E-state index in [0.717, 1.165) is 15.6 Å². The molecule has 0 saturated heterocycles. The number of hydrogen-bond donors (Lipinski definition) is 0. The maximum Gasteiger partial charge on any atom is 0.344 e. The van der Waals surface area contributed by atoms with Gasteiger partial charge in [-0.05, 0) is 44.5 Å². The number of esters is 1. The van der Waals surface area contributed by atoms with Crippen molar-refractivity contribution in [2.75, 3.05) is 6.61 Å². The summed E-state index contributed by atoms with van der Waals surface area (Å²) in [6.07, 6.45) is 0. The summed E-state index contributed by atoms with van der Waals surface area (Å²) in [7, 11) is 0. The smallest absolute Gasteiger partial charge is 0.344 e. The van der Waals surface area contributed by atoms with Crippen LogP contribution in [-0.4, -0.2) is 18.2 Å². The highest BCUT2D eigenvalue weighted by atomic mass is 79.9. The molecule has 0 bridgehead atoms. The lowest BCUT2D eigenvalue weighted by Crippen LogP contribution is -2.27. The highest BCUT2D eigenvalue weighted by Gasteiger charge is 2.17. The first kappa shape index (κ1) is 16.6. The van der Waals surface area contributed by atoms with E-state index in [4.69, 9.17) is 9.47 Å². The number of ether oxygens (including phenoxy) is 2. The summed E-state index contributed by atoms with van der Waals surface area (Å²) in [5.74, 6) is 0.286. The maximum absolute atomic E-state index is 11.8. The van der Waals surface area contributed by atoms with Crippen LogP contribution in [0.15, 0.2) is 53.0 Å². The molecule has 0 saturated carbocycles. The Labute approximate surface area is 139 Å². The van der Waals surface area contributed by atoms with Crippen LogP contribution in [0.4, 0.5) is 0 Å². The zero-order chi connectivity index (χ0) is 16.2. The molecule has 0 amide bonds. The van der Waals surface area contributed by atoms with Crippen molar-refractivity contribution in [1.29, 1.82) is 0 Å². The Morgan fingerprint density at radius 1 is 1.05 bits per heavy atom. The van der Waals surface area contributed by atoms with E-state index >= 15 is 0 Å². The molecule has 0 aliphatic heterocycles. The van der Waals surface area contributed by atoms with E-state index in [9.17, 15) is 4.79 Å². The van der Waals surface area contributed by atoms with Gasteiger partial charge in [0.25, 0.3) is 0 Å². The summed E-state index contributed by atoms with van der Waals surface area (Å²) < 4.78 is 11.9. The van der Waals surface area contributed by atoms with Gasteiger partial charge in [0.2, 0.25) is 0 Å².